The van der Waals surface area contributed by atoms with Crippen LogP contribution >= 0.6 is 11.6 Å². The van der Waals surface area contributed by atoms with Gasteiger partial charge in [-0.2, -0.15) is 4.98 Å². The summed E-state index contributed by atoms with van der Waals surface area (Å²) in [5.74, 6) is 2.09. The van der Waals surface area contributed by atoms with Crippen LogP contribution in [0.3, 0.4) is 0 Å². The number of ether oxygens (including phenoxy) is 1. The molecule has 0 N–H and O–H groups in total. The van der Waals surface area contributed by atoms with Gasteiger partial charge in [0.2, 0.25) is 5.95 Å². The van der Waals surface area contributed by atoms with Crippen molar-refractivity contribution in [2.75, 3.05) is 60.6 Å². The van der Waals surface area contributed by atoms with Gasteiger partial charge in [-0.25, -0.2) is 14.4 Å². The van der Waals surface area contributed by atoms with Crippen LogP contribution in [0.5, 0.6) is 0 Å². The topological polar surface area (TPSA) is 57.6 Å². The molecule has 2 aliphatic heterocycles. The minimum absolute atomic E-state index is 0.185. The first-order valence-electron chi connectivity index (χ1n) is 11.2. The van der Waals surface area contributed by atoms with Crippen LogP contribution in [0.25, 0.3) is 11.3 Å². The van der Waals surface area contributed by atoms with Crippen molar-refractivity contribution in [2.45, 2.75) is 13.0 Å². The summed E-state index contributed by atoms with van der Waals surface area (Å²) in [6.07, 6.45) is 1.77. The van der Waals surface area contributed by atoms with E-state index in [9.17, 15) is 4.39 Å². The van der Waals surface area contributed by atoms with Crippen molar-refractivity contribution in [1.29, 1.82) is 0 Å². The van der Waals surface area contributed by atoms with E-state index < -0.39 is 0 Å². The lowest BCUT2D eigenvalue weighted by Gasteiger charge is -2.41. The van der Waals surface area contributed by atoms with Crippen molar-refractivity contribution in [3.8, 4) is 11.3 Å². The van der Waals surface area contributed by atoms with Crippen molar-refractivity contribution in [3.05, 3.63) is 59.5 Å². The lowest BCUT2D eigenvalue weighted by Crippen LogP contribution is -2.53. The fraction of sp³-hybridized carbons (Fsp3) is 0.375. The van der Waals surface area contributed by atoms with Gasteiger partial charge in [0.25, 0.3) is 0 Å². The van der Waals surface area contributed by atoms with E-state index in [1.165, 1.54) is 12.1 Å². The number of hydrogen-bond donors (Lipinski definition) is 0. The number of morpholine rings is 1. The maximum atomic E-state index is 13.5. The van der Waals surface area contributed by atoms with E-state index in [1.807, 2.05) is 18.2 Å². The second-order valence-electron chi connectivity index (χ2n) is 8.31. The number of benzene rings is 1. The third-order valence-corrected chi connectivity index (χ3v) is 6.39. The van der Waals surface area contributed by atoms with Gasteiger partial charge < -0.3 is 19.4 Å². The van der Waals surface area contributed by atoms with Crippen LogP contribution in [-0.4, -0.2) is 66.9 Å². The van der Waals surface area contributed by atoms with Gasteiger partial charge in [0, 0.05) is 56.6 Å². The molecule has 5 rings (SSSR count). The number of rotatable bonds is 4. The summed E-state index contributed by atoms with van der Waals surface area (Å²) < 4.78 is 19.0. The Labute approximate surface area is 197 Å². The molecule has 1 aromatic carbocycles. The van der Waals surface area contributed by atoms with E-state index in [2.05, 4.69) is 26.6 Å². The van der Waals surface area contributed by atoms with Crippen molar-refractivity contribution >= 4 is 29.2 Å². The molecule has 2 fully saturated rings. The third kappa shape index (κ3) is 4.72. The molecular formula is C24H26ClFN6O. The molecule has 1 unspecified atom stereocenters. The summed E-state index contributed by atoms with van der Waals surface area (Å²) in [6, 6.07) is 12.3. The quantitative estimate of drug-likeness (QED) is 0.575. The standard InChI is InChI=1S/C24H26ClFN6O/c1-17-16-31(23-20(25)3-2-8-27-23)9-10-32(17)22-15-21(18-4-6-19(26)7-5-18)28-24(29-22)30-11-13-33-14-12-30/h2-8,15,17H,9-14,16H2,1H3. The molecule has 2 saturated heterocycles. The molecule has 0 spiro atoms. The van der Waals surface area contributed by atoms with E-state index >= 15 is 0 Å². The van der Waals surface area contributed by atoms with Crippen LogP contribution in [0, 0.1) is 5.82 Å². The van der Waals surface area contributed by atoms with Crippen molar-refractivity contribution in [3.63, 3.8) is 0 Å². The smallest absolute Gasteiger partial charge is 0.228 e. The van der Waals surface area contributed by atoms with Gasteiger partial charge in [-0.05, 0) is 43.3 Å². The summed E-state index contributed by atoms with van der Waals surface area (Å²) in [5, 5.41) is 0.661. The maximum Gasteiger partial charge on any atom is 0.228 e. The van der Waals surface area contributed by atoms with Gasteiger partial charge in [-0.3, -0.25) is 0 Å². The summed E-state index contributed by atoms with van der Waals surface area (Å²) in [7, 11) is 0. The highest BCUT2D eigenvalue weighted by atomic mass is 35.5. The van der Waals surface area contributed by atoms with Gasteiger partial charge in [0.15, 0.2) is 0 Å². The average molecular weight is 469 g/mol. The van der Waals surface area contributed by atoms with Crippen molar-refractivity contribution in [2.24, 2.45) is 0 Å². The zero-order valence-electron chi connectivity index (χ0n) is 18.5. The van der Waals surface area contributed by atoms with Crippen LogP contribution in [-0.2, 0) is 4.74 Å². The molecule has 2 aliphatic rings. The number of anilines is 3. The molecule has 4 heterocycles. The predicted molar refractivity (Wildman–Crippen MR) is 129 cm³/mol. The molecule has 0 radical (unpaired) electrons. The minimum Gasteiger partial charge on any atom is -0.378 e. The van der Waals surface area contributed by atoms with E-state index in [1.54, 1.807) is 18.3 Å². The summed E-state index contributed by atoms with van der Waals surface area (Å²) in [4.78, 5) is 20.9. The Kier molecular flexibility index (Phi) is 6.28. The zero-order valence-corrected chi connectivity index (χ0v) is 19.2. The van der Waals surface area contributed by atoms with Crippen LogP contribution < -0.4 is 14.7 Å². The summed E-state index contributed by atoms with van der Waals surface area (Å²) >= 11 is 6.38. The van der Waals surface area contributed by atoms with Crippen LogP contribution in [0.4, 0.5) is 22.0 Å². The Morgan fingerprint density at radius 3 is 2.52 bits per heavy atom. The molecule has 3 aromatic rings. The van der Waals surface area contributed by atoms with Gasteiger partial charge >= 0.3 is 0 Å². The molecule has 9 heteroatoms. The summed E-state index contributed by atoms with van der Waals surface area (Å²) in [5.41, 5.74) is 1.64. The Morgan fingerprint density at radius 2 is 1.79 bits per heavy atom. The van der Waals surface area contributed by atoms with Gasteiger partial charge in [0.05, 0.1) is 23.9 Å². The lowest BCUT2D eigenvalue weighted by atomic mass is 10.1. The molecule has 172 valence electrons. The minimum atomic E-state index is -0.264. The van der Waals surface area contributed by atoms with Crippen LogP contribution in [0.2, 0.25) is 5.02 Å². The average Bonchev–Trinajstić information content (AvgIpc) is 2.85. The highest BCUT2D eigenvalue weighted by molar-refractivity contribution is 6.32. The Hall–Kier alpha value is -2.97. The number of aromatic nitrogens is 3. The normalized spacial score (nSPS) is 19.1. The number of piperazine rings is 1. The molecular weight excluding hydrogens is 443 g/mol. The second kappa shape index (κ2) is 9.49. The van der Waals surface area contributed by atoms with Crippen LogP contribution in [0.1, 0.15) is 6.92 Å². The molecule has 1 atom stereocenters. The van der Waals surface area contributed by atoms with E-state index in [0.29, 0.717) is 24.2 Å². The first kappa shape index (κ1) is 21.9. The van der Waals surface area contributed by atoms with E-state index in [4.69, 9.17) is 26.3 Å². The summed E-state index contributed by atoms with van der Waals surface area (Å²) in [6.45, 7) is 7.30. The fourth-order valence-electron chi connectivity index (χ4n) is 4.34. The van der Waals surface area contributed by atoms with Crippen molar-refractivity contribution in [1.82, 2.24) is 15.0 Å². The van der Waals surface area contributed by atoms with Crippen LogP contribution in [0.15, 0.2) is 48.7 Å². The third-order valence-electron chi connectivity index (χ3n) is 6.10. The highest BCUT2D eigenvalue weighted by Crippen LogP contribution is 2.30. The first-order chi connectivity index (χ1) is 16.1. The second-order valence-corrected chi connectivity index (χ2v) is 8.72. The lowest BCUT2D eigenvalue weighted by molar-refractivity contribution is 0.122. The number of nitrogens with zero attached hydrogens (tertiary/aromatic N) is 6. The van der Waals surface area contributed by atoms with Crippen molar-refractivity contribution < 1.29 is 9.13 Å². The van der Waals surface area contributed by atoms with Gasteiger partial charge in [-0.1, -0.05) is 11.6 Å². The highest BCUT2D eigenvalue weighted by Gasteiger charge is 2.28. The predicted octanol–water partition coefficient (Wildman–Crippen LogP) is 3.88. The first-order valence-corrected chi connectivity index (χ1v) is 11.6. The fourth-order valence-corrected chi connectivity index (χ4v) is 4.58. The largest absolute Gasteiger partial charge is 0.378 e. The Bertz CT molecular complexity index is 1110. The Balaban J connectivity index is 1.46. The molecule has 2 aromatic heterocycles. The molecule has 33 heavy (non-hydrogen) atoms. The molecule has 7 nitrogen and oxygen atoms in total. The molecule has 0 saturated carbocycles. The van der Waals surface area contributed by atoms with Gasteiger partial charge in [0.1, 0.15) is 17.5 Å². The Morgan fingerprint density at radius 1 is 1.00 bits per heavy atom. The SMILES string of the molecule is CC1CN(c2ncccc2Cl)CCN1c1cc(-c2ccc(F)cc2)nc(N2CCOCC2)n1. The number of hydrogen-bond acceptors (Lipinski definition) is 7. The maximum absolute atomic E-state index is 13.5. The molecule has 0 bridgehead atoms. The molecule has 0 aliphatic carbocycles. The monoisotopic (exact) mass is 468 g/mol. The van der Waals surface area contributed by atoms with E-state index in [-0.39, 0.29) is 11.9 Å². The number of halogens is 2. The zero-order chi connectivity index (χ0) is 22.8. The van der Waals surface area contributed by atoms with Gasteiger partial charge in [-0.15, -0.1) is 0 Å². The van der Waals surface area contributed by atoms with E-state index in [0.717, 1.165) is 55.6 Å². The number of pyridine rings is 1. The molecule has 0 amide bonds.